The lowest BCUT2D eigenvalue weighted by atomic mass is 9.90. The quantitative estimate of drug-likeness (QED) is 0.864. The first kappa shape index (κ1) is 15.8. The number of hydrogen-bond donors (Lipinski definition) is 1. The highest BCUT2D eigenvalue weighted by Crippen LogP contribution is 2.39. The number of aryl methyl sites for hydroxylation is 2. The van der Waals surface area contributed by atoms with Crippen molar-refractivity contribution < 1.29 is 14.1 Å². The fourth-order valence-corrected chi connectivity index (χ4v) is 3.06. The summed E-state index contributed by atoms with van der Waals surface area (Å²) in [7, 11) is 0. The monoisotopic (exact) mass is 340 g/mol. The molecule has 2 aromatic rings. The molecule has 1 aromatic heterocycles. The highest BCUT2D eigenvalue weighted by atomic mass is 16.5. The smallest absolute Gasteiger partial charge is 0.325 e. The molecule has 0 radical (unpaired) electrons. The van der Waals surface area contributed by atoms with E-state index in [0.717, 1.165) is 34.4 Å². The average Bonchev–Trinajstić information content (AvgIpc) is 3.28. The molecular weight excluding hydrogens is 320 g/mol. The van der Waals surface area contributed by atoms with Crippen LogP contribution in [-0.2, 0) is 16.9 Å². The van der Waals surface area contributed by atoms with Gasteiger partial charge in [-0.3, -0.25) is 9.69 Å². The second-order valence-corrected chi connectivity index (χ2v) is 7.07. The number of nitrogens with one attached hydrogen (secondary N) is 1. The fourth-order valence-electron chi connectivity index (χ4n) is 3.06. The van der Waals surface area contributed by atoms with Gasteiger partial charge in [0.2, 0.25) is 5.89 Å². The van der Waals surface area contributed by atoms with Gasteiger partial charge in [-0.1, -0.05) is 23.4 Å². The maximum Gasteiger partial charge on any atom is 0.325 e. The molecule has 0 bridgehead atoms. The molecule has 0 spiro atoms. The van der Waals surface area contributed by atoms with Crippen molar-refractivity contribution in [2.24, 2.45) is 0 Å². The van der Waals surface area contributed by atoms with Gasteiger partial charge < -0.3 is 9.84 Å². The van der Waals surface area contributed by atoms with Crippen LogP contribution in [0.3, 0.4) is 0 Å². The topological polar surface area (TPSA) is 88.3 Å². The Bertz CT molecular complexity index is 871. The lowest BCUT2D eigenvalue weighted by Gasteiger charge is -2.23. The molecule has 1 N–H and O–H groups in total. The summed E-state index contributed by atoms with van der Waals surface area (Å²) >= 11 is 0. The molecule has 1 saturated heterocycles. The van der Waals surface area contributed by atoms with E-state index in [1.54, 1.807) is 6.92 Å². The van der Waals surface area contributed by atoms with Gasteiger partial charge in [0.1, 0.15) is 5.54 Å². The Hall–Kier alpha value is -2.70. The van der Waals surface area contributed by atoms with Gasteiger partial charge >= 0.3 is 6.03 Å². The number of nitrogens with zero attached hydrogens (tertiary/aromatic N) is 3. The van der Waals surface area contributed by atoms with Crippen LogP contribution in [0.25, 0.3) is 0 Å². The van der Waals surface area contributed by atoms with Gasteiger partial charge in [0.15, 0.2) is 5.82 Å². The van der Waals surface area contributed by atoms with Crippen molar-refractivity contribution in [3.8, 4) is 0 Å². The Kier molecular flexibility index (Phi) is 3.42. The predicted octanol–water partition coefficient (Wildman–Crippen LogP) is 2.53. The van der Waals surface area contributed by atoms with E-state index >= 15 is 0 Å². The summed E-state index contributed by atoms with van der Waals surface area (Å²) in [6.45, 7) is 5.74. The van der Waals surface area contributed by atoms with E-state index in [2.05, 4.69) is 15.5 Å². The minimum absolute atomic E-state index is 0.0152. The highest BCUT2D eigenvalue weighted by Gasteiger charge is 2.49. The molecule has 4 rings (SSSR count). The Balaban J connectivity index is 1.58. The van der Waals surface area contributed by atoms with Crippen molar-refractivity contribution in [2.45, 2.75) is 51.6 Å². The van der Waals surface area contributed by atoms with Gasteiger partial charge in [0.05, 0.1) is 6.54 Å². The van der Waals surface area contributed by atoms with E-state index in [-0.39, 0.29) is 12.5 Å². The largest absolute Gasteiger partial charge is 0.339 e. The number of amides is 3. The number of imide groups is 1. The molecule has 1 aromatic carbocycles. The number of urea groups is 1. The molecule has 25 heavy (non-hydrogen) atoms. The minimum Gasteiger partial charge on any atom is -0.339 e. The molecule has 1 saturated carbocycles. The number of rotatable bonds is 4. The van der Waals surface area contributed by atoms with Crippen LogP contribution < -0.4 is 5.32 Å². The third kappa shape index (κ3) is 2.59. The normalized spacial score (nSPS) is 23.2. The van der Waals surface area contributed by atoms with Crippen LogP contribution in [0.4, 0.5) is 4.79 Å². The Morgan fingerprint density at radius 3 is 2.72 bits per heavy atom. The van der Waals surface area contributed by atoms with Crippen LogP contribution in [0.2, 0.25) is 0 Å². The first-order chi connectivity index (χ1) is 11.9. The van der Waals surface area contributed by atoms with E-state index in [0.29, 0.717) is 17.6 Å². The summed E-state index contributed by atoms with van der Waals surface area (Å²) in [6, 6.07) is 5.34. The standard InChI is InChI=1S/C18H20N4O3/c1-10-4-7-13(8-11(10)2)18(3)16(23)22(17(24)20-18)9-14-19-15(25-21-14)12-5-6-12/h4,7-8,12H,5-6,9H2,1-3H3,(H,20,24)/t18-/m0/s1. The van der Waals surface area contributed by atoms with E-state index in [4.69, 9.17) is 4.52 Å². The van der Waals surface area contributed by atoms with Crippen molar-refractivity contribution >= 4 is 11.9 Å². The zero-order valence-electron chi connectivity index (χ0n) is 14.5. The van der Waals surface area contributed by atoms with Gasteiger partial charge in [-0.05, 0) is 50.3 Å². The second kappa shape index (κ2) is 5.40. The van der Waals surface area contributed by atoms with Crippen LogP contribution in [0.1, 0.15) is 54.1 Å². The van der Waals surface area contributed by atoms with E-state index in [1.165, 1.54) is 0 Å². The number of hydrogen-bond acceptors (Lipinski definition) is 5. The van der Waals surface area contributed by atoms with Crippen LogP contribution in [0, 0.1) is 13.8 Å². The van der Waals surface area contributed by atoms with Crippen molar-refractivity contribution in [3.05, 3.63) is 46.6 Å². The Morgan fingerprint density at radius 1 is 1.28 bits per heavy atom. The molecule has 2 heterocycles. The summed E-state index contributed by atoms with van der Waals surface area (Å²) in [5.74, 6) is 0.984. The van der Waals surface area contributed by atoms with Crippen LogP contribution in [0.15, 0.2) is 22.7 Å². The molecule has 1 aliphatic carbocycles. The predicted molar refractivity (Wildman–Crippen MR) is 88.6 cm³/mol. The van der Waals surface area contributed by atoms with Gasteiger partial charge in [0.25, 0.3) is 5.91 Å². The van der Waals surface area contributed by atoms with E-state index in [1.807, 2.05) is 32.0 Å². The highest BCUT2D eigenvalue weighted by molar-refractivity contribution is 6.07. The van der Waals surface area contributed by atoms with Crippen LogP contribution in [0.5, 0.6) is 0 Å². The summed E-state index contributed by atoms with van der Waals surface area (Å²) in [5, 5.41) is 6.70. The second-order valence-electron chi connectivity index (χ2n) is 7.07. The lowest BCUT2D eigenvalue weighted by Crippen LogP contribution is -2.41. The number of carbonyl (C=O) groups is 2. The van der Waals surface area contributed by atoms with Crippen molar-refractivity contribution in [1.29, 1.82) is 0 Å². The summed E-state index contributed by atoms with van der Waals surface area (Å²) in [6.07, 6.45) is 2.10. The van der Waals surface area contributed by atoms with Gasteiger partial charge in [0, 0.05) is 5.92 Å². The van der Waals surface area contributed by atoms with Crippen molar-refractivity contribution in [3.63, 3.8) is 0 Å². The summed E-state index contributed by atoms with van der Waals surface area (Å²) < 4.78 is 5.20. The van der Waals surface area contributed by atoms with Gasteiger partial charge in [-0.15, -0.1) is 0 Å². The van der Waals surface area contributed by atoms with Crippen molar-refractivity contribution in [1.82, 2.24) is 20.4 Å². The molecule has 2 aliphatic rings. The molecule has 1 aliphatic heterocycles. The molecular formula is C18H20N4O3. The SMILES string of the molecule is Cc1ccc([C@]2(C)NC(=O)N(Cc3noc(C4CC4)n3)C2=O)cc1C. The third-order valence-electron chi connectivity index (χ3n) is 5.07. The maximum absolute atomic E-state index is 12.9. The summed E-state index contributed by atoms with van der Waals surface area (Å²) in [4.78, 5) is 30.8. The Morgan fingerprint density at radius 2 is 2.04 bits per heavy atom. The molecule has 1 atom stereocenters. The number of carbonyl (C=O) groups excluding carboxylic acids is 2. The van der Waals surface area contributed by atoms with E-state index in [9.17, 15) is 9.59 Å². The molecule has 7 heteroatoms. The molecule has 3 amide bonds. The summed E-state index contributed by atoms with van der Waals surface area (Å²) in [5.41, 5.74) is 1.90. The molecule has 0 unspecified atom stereocenters. The Labute approximate surface area is 145 Å². The minimum atomic E-state index is -1.08. The maximum atomic E-state index is 12.9. The molecule has 130 valence electrons. The number of aromatic nitrogens is 2. The van der Waals surface area contributed by atoms with Crippen LogP contribution >= 0.6 is 0 Å². The lowest BCUT2D eigenvalue weighted by molar-refractivity contribution is -0.131. The first-order valence-electron chi connectivity index (χ1n) is 8.43. The van der Waals surface area contributed by atoms with Crippen molar-refractivity contribution in [2.75, 3.05) is 0 Å². The van der Waals surface area contributed by atoms with E-state index < -0.39 is 11.6 Å². The fraction of sp³-hybridized carbons (Fsp3) is 0.444. The third-order valence-corrected chi connectivity index (χ3v) is 5.07. The molecule has 2 fully saturated rings. The zero-order chi connectivity index (χ0) is 17.8. The first-order valence-corrected chi connectivity index (χ1v) is 8.43. The molecule has 7 nitrogen and oxygen atoms in total. The van der Waals surface area contributed by atoms with Gasteiger partial charge in [-0.2, -0.15) is 4.98 Å². The van der Waals surface area contributed by atoms with Gasteiger partial charge in [-0.25, -0.2) is 4.79 Å². The number of benzene rings is 1. The average molecular weight is 340 g/mol. The zero-order valence-corrected chi connectivity index (χ0v) is 14.5. The van der Waals surface area contributed by atoms with Crippen LogP contribution in [-0.4, -0.2) is 27.0 Å².